The second-order valence-corrected chi connectivity index (χ2v) is 6.97. The molecule has 0 radical (unpaired) electrons. The number of aliphatic hydroxyl groups excluding tert-OH is 1. The van der Waals surface area contributed by atoms with Crippen LogP contribution in [-0.2, 0) is 14.4 Å². The Hall–Kier alpha value is -3.10. The molecule has 166 valence electrons. The van der Waals surface area contributed by atoms with Crippen LogP contribution < -0.4 is 5.32 Å². The van der Waals surface area contributed by atoms with Crippen molar-refractivity contribution in [1.82, 2.24) is 10.2 Å². The van der Waals surface area contributed by atoms with Gasteiger partial charge in [0, 0.05) is 20.0 Å². The van der Waals surface area contributed by atoms with Crippen LogP contribution in [0.1, 0.15) is 44.9 Å². The lowest BCUT2D eigenvalue weighted by Crippen LogP contribution is -2.41. The second-order valence-electron chi connectivity index (χ2n) is 6.97. The Balaban J connectivity index is 0.000000263. The standard InChI is InChI=1S/C9H12N2O5.C6H5FO.C6H12/c1-11-3-2-5(12)7(9(11)16)8(15)10-4-6(13)14;7-5-1-3-6(8)4-2-5;1-2-4-6-5-3-1/h12H,2-4H2,1H3,(H,10,15)(H,13,14);1-4,8H;1-6H2. The Morgan fingerprint density at radius 1 is 1.03 bits per heavy atom. The first-order chi connectivity index (χ1) is 14.2. The number of aromatic hydroxyl groups is 1. The Bertz CT molecular complexity index is 712. The van der Waals surface area contributed by atoms with Crippen molar-refractivity contribution in [2.75, 3.05) is 20.1 Å². The lowest BCUT2D eigenvalue weighted by Gasteiger charge is -2.23. The van der Waals surface area contributed by atoms with Crippen LogP contribution in [0, 0.1) is 5.82 Å². The quantitative estimate of drug-likeness (QED) is 0.553. The third-order valence-corrected chi connectivity index (χ3v) is 4.49. The van der Waals surface area contributed by atoms with E-state index in [4.69, 9.17) is 10.2 Å². The smallest absolute Gasteiger partial charge is 0.322 e. The molecule has 0 unspecified atom stereocenters. The molecule has 1 aromatic rings. The topological polar surface area (TPSA) is 127 Å². The summed E-state index contributed by atoms with van der Waals surface area (Å²) in [4.78, 5) is 34.5. The fraction of sp³-hybridized carbons (Fsp3) is 0.476. The van der Waals surface area contributed by atoms with Crippen molar-refractivity contribution in [3.05, 3.63) is 41.4 Å². The Labute approximate surface area is 175 Å². The highest BCUT2D eigenvalue weighted by Gasteiger charge is 2.30. The van der Waals surface area contributed by atoms with Gasteiger partial charge >= 0.3 is 5.97 Å². The number of phenols is 1. The Morgan fingerprint density at radius 3 is 1.97 bits per heavy atom. The number of phenolic OH excluding ortho intramolecular Hbond substituents is 1. The fourth-order valence-corrected chi connectivity index (χ4v) is 2.79. The molecule has 0 aromatic heterocycles. The summed E-state index contributed by atoms with van der Waals surface area (Å²) >= 11 is 0. The summed E-state index contributed by atoms with van der Waals surface area (Å²) in [5.74, 6) is -3.23. The van der Waals surface area contributed by atoms with E-state index in [2.05, 4.69) is 0 Å². The van der Waals surface area contributed by atoms with Crippen LogP contribution in [0.25, 0.3) is 0 Å². The van der Waals surface area contributed by atoms with Gasteiger partial charge in [0.05, 0.1) is 0 Å². The van der Waals surface area contributed by atoms with E-state index in [1.165, 1.54) is 74.7 Å². The maximum atomic E-state index is 12.0. The first-order valence-corrected chi connectivity index (χ1v) is 9.84. The molecule has 9 heteroatoms. The summed E-state index contributed by atoms with van der Waals surface area (Å²) in [5, 5.41) is 28.4. The van der Waals surface area contributed by atoms with E-state index in [0.717, 1.165) is 0 Å². The average Bonchev–Trinajstić information content (AvgIpc) is 2.74. The summed E-state index contributed by atoms with van der Waals surface area (Å²) in [6, 6.07) is 5.01. The molecule has 0 saturated heterocycles. The van der Waals surface area contributed by atoms with Crippen molar-refractivity contribution in [1.29, 1.82) is 0 Å². The molecule has 1 aromatic carbocycles. The number of benzene rings is 1. The summed E-state index contributed by atoms with van der Waals surface area (Å²) in [5.41, 5.74) is -0.380. The van der Waals surface area contributed by atoms with Crippen molar-refractivity contribution in [3.8, 4) is 5.75 Å². The van der Waals surface area contributed by atoms with Gasteiger partial charge in [-0.1, -0.05) is 38.5 Å². The fourth-order valence-electron chi connectivity index (χ4n) is 2.79. The van der Waals surface area contributed by atoms with Crippen molar-refractivity contribution >= 4 is 17.8 Å². The summed E-state index contributed by atoms with van der Waals surface area (Å²) in [6.07, 6.45) is 9.19. The summed E-state index contributed by atoms with van der Waals surface area (Å²) in [6.45, 7) is -0.257. The van der Waals surface area contributed by atoms with Crippen molar-refractivity contribution in [2.24, 2.45) is 0 Å². The maximum Gasteiger partial charge on any atom is 0.322 e. The molecule has 0 spiro atoms. The van der Waals surface area contributed by atoms with Gasteiger partial charge in [-0.05, 0) is 24.3 Å². The number of amides is 2. The van der Waals surface area contributed by atoms with E-state index in [0.29, 0.717) is 6.54 Å². The predicted octanol–water partition coefficient (Wildman–Crippen LogP) is 2.73. The third-order valence-electron chi connectivity index (χ3n) is 4.49. The van der Waals surface area contributed by atoms with Crippen molar-refractivity contribution < 1.29 is 34.1 Å². The van der Waals surface area contributed by atoms with E-state index >= 15 is 0 Å². The maximum absolute atomic E-state index is 12.0. The van der Waals surface area contributed by atoms with Gasteiger partial charge in [-0.2, -0.15) is 0 Å². The van der Waals surface area contributed by atoms with Crippen LogP contribution in [-0.4, -0.2) is 58.1 Å². The molecule has 0 atom stereocenters. The molecule has 1 fully saturated rings. The lowest BCUT2D eigenvalue weighted by atomic mass is 10.0. The number of carbonyl (C=O) groups is 3. The minimum absolute atomic E-state index is 0.0893. The van der Waals surface area contributed by atoms with Gasteiger partial charge in [0.25, 0.3) is 11.8 Å². The van der Waals surface area contributed by atoms with Gasteiger partial charge in [-0.15, -0.1) is 0 Å². The van der Waals surface area contributed by atoms with Crippen molar-refractivity contribution in [2.45, 2.75) is 44.9 Å². The van der Waals surface area contributed by atoms with E-state index < -0.39 is 24.3 Å². The SMILES string of the molecule is C1CCCCC1.CN1CCC(O)=C(C(=O)NCC(=O)O)C1=O.Oc1ccc(F)cc1. The largest absolute Gasteiger partial charge is 0.511 e. The Kier molecular flexibility index (Phi) is 11.0. The summed E-state index contributed by atoms with van der Waals surface area (Å²) in [7, 11) is 1.50. The lowest BCUT2D eigenvalue weighted by molar-refractivity contribution is -0.138. The van der Waals surface area contributed by atoms with Gasteiger partial charge in [-0.25, -0.2) is 4.39 Å². The van der Waals surface area contributed by atoms with Crippen LogP contribution in [0.5, 0.6) is 5.75 Å². The molecule has 2 amide bonds. The van der Waals surface area contributed by atoms with Crippen LogP contribution >= 0.6 is 0 Å². The first kappa shape index (κ1) is 24.9. The molecule has 1 heterocycles. The highest BCUT2D eigenvalue weighted by atomic mass is 19.1. The number of aliphatic hydroxyl groups is 1. The average molecular weight is 424 g/mol. The van der Waals surface area contributed by atoms with Gasteiger partial charge in [0.2, 0.25) is 0 Å². The predicted molar refractivity (Wildman–Crippen MR) is 108 cm³/mol. The van der Waals surface area contributed by atoms with Gasteiger partial charge in [0.1, 0.15) is 29.4 Å². The molecular weight excluding hydrogens is 395 g/mol. The number of rotatable bonds is 3. The number of carbonyl (C=O) groups excluding carboxylic acids is 2. The second kappa shape index (κ2) is 13.2. The first-order valence-electron chi connectivity index (χ1n) is 9.84. The molecule has 0 bridgehead atoms. The van der Waals surface area contributed by atoms with Gasteiger partial charge < -0.3 is 25.5 Å². The molecular formula is C21H29FN2O6. The molecule has 4 N–H and O–H groups in total. The van der Waals surface area contributed by atoms with Gasteiger partial charge in [0.15, 0.2) is 0 Å². The number of aliphatic carboxylic acids is 1. The zero-order valence-electron chi connectivity index (χ0n) is 17.1. The zero-order chi connectivity index (χ0) is 22.5. The molecule has 2 aliphatic rings. The number of hydrogen-bond acceptors (Lipinski definition) is 5. The van der Waals surface area contributed by atoms with Crippen LogP contribution in [0.3, 0.4) is 0 Å². The molecule has 1 aliphatic carbocycles. The van der Waals surface area contributed by atoms with Gasteiger partial charge in [-0.3, -0.25) is 14.4 Å². The zero-order valence-corrected chi connectivity index (χ0v) is 17.1. The number of carboxylic acid groups (broad SMARTS) is 1. The van der Waals surface area contributed by atoms with Crippen LogP contribution in [0.15, 0.2) is 35.6 Å². The highest BCUT2D eigenvalue weighted by Crippen LogP contribution is 2.16. The third kappa shape index (κ3) is 9.40. The van der Waals surface area contributed by atoms with Crippen LogP contribution in [0.2, 0.25) is 0 Å². The number of nitrogens with one attached hydrogen (secondary N) is 1. The Morgan fingerprint density at radius 2 is 1.53 bits per heavy atom. The highest BCUT2D eigenvalue weighted by molar-refractivity contribution is 6.19. The number of likely N-dealkylation sites (N-methyl/N-ethyl adjacent to an activating group) is 1. The summed E-state index contributed by atoms with van der Waals surface area (Å²) < 4.78 is 12.0. The number of nitrogens with zero attached hydrogens (tertiary/aromatic N) is 1. The number of hydrogen-bond donors (Lipinski definition) is 4. The number of halogens is 1. The number of carboxylic acids is 1. The molecule has 8 nitrogen and oxygen atoms in total. The minimum atomic E-state index is -1.22. The van der Waals surface area contributed by atoms with E-state index in [-0.39, 0.29) is 29.3 Å². The molecule has 1 aliphatic heterocycles. The monoisotopic (exact) mass is 424 g/mol. The minimum Gasteiger partial charge on any atom is -0.511 e. The van der Waals surface area contributed by atoms with E-state index in [1.54, 1.807) is 0 Å². The normalized spacial score (nSPS) is 15.9. The van der Waals surface area contributed by atoms with E-state index in [1.807, 2.05) is 5.32 Å². The van der Waals surface area contributed by atoms with Crippen molar-refractivity contribution in [3.63, 3.8) is 0 Å². The molecule has 30 heavy (non-hydrogen) atoms. The van der Waals surface area contributed by atoms with E-state index in [9.17, 15) is 23.9 Å². The molecule has 3 rings (SSSR count). The molecule has 1 saturated carbocycles. The van der Waals surface area contributed by atoms with Crippen LogP contribution in [0.4, 0.5) is 4.39 Å².